The van der Waals surface area contributed by atoms with Crippen molar-refractivity contribution >= 4 is 0 Å². The molecule has 0 aromatic heterocycles. The number of aromatic hydroxyl groups is 2. The molecule has 10 heteroatoms. The summed E-state index contributed by atoms with van der Waals surface area (Å²) in [6.45, 7) is 1.78. The van der Waals surface area contributed by atoms with E-state index in [1.54, 1.807) is 0 Å². The van der Waals surface area contributed by atoms with Gasteiger partial charge < -0.3 is 19.7 Å². The third-order valence-electron chi connectivity index (χ3n) is 4.94. The van der Waals surface area contributed by atoms with E-state index in [4.69, 9.17) is 9.47 Å². The summed E-state index contributed by atoms with van der Waals surface area (Å²) < 4.78 is 95.7. The predicted octanol–water partition coefficient (Wildman–Crippen LogP) is 5.42. The number of phenols is 2. The normalized spacial score (nSPS) is 13.0. The second-order valence-corrected chi connectivity index (χ2v) is 7.20. The van der Waals surface area contributed by atoms with E-state index in [-0.39, 0.29) is 35.5 Å². The number of alkyl halides is 6. The van der Waals surface area contributed by atoms with Crippen molar-refractivity contribution in [3.63, 3.8) is 0 Å². The summed E-state index contributed by atoms with van der Waals surface area (Å²) in [5.41, 5.74) is -6.98. The lowest BCUT2D eigenvalue weighted by Crippen LogP contribution is -2.53. The van der Waals surface area contributed by atoms with Crippen molar-refractivity contribution in [2.24, 2.45) is 0 Å². The maximum absolute atomic E-state index is 16.3. The fraction of sp³-hybridized carbons (Fsp3) is 0.429. The van der Waals surface area contributed by atoms with Crippen LogP contribution in [0.1, 0.15) is 33.4 Å². The molecule has 4 nitrogen and oxygen atoms in total. The number of rotatable bonds is 7. The Hall–Kier alpha value is -2.46. The summed E-state index contributed by atoms with van der Waals surface area (Å²) in [7, 11) is 2.43. The first-order valence-electron chi connectivity index (χ1n) is 8.99. The lowest BCUT2D eigenvalue weighted by molar-refractivity contribution is -0.323. The van der Waals surface area contributed by atoms with E-state index < -0.39 is 40.4 Å². The van der Waals surface area contributed by atoms with Crippen molar-refractivity contribution in [1.29, 1.82) is 0 Å². The number of phenolic OH excluding ortho intramolecular Hbond substituents is 2. The van der Waals surface area contributed by atoms with Gasteiger partial charge in [-0.1, -0.05) is 0 Å². The first-order chi connectivity index (χ1) is 14.2. The number of hydrogen-bond donors (Lipinski definition) is 2. The third kappa shape index (κ3) is 4.18. The minimum atomic E-state index is -6.25. The maximum atomic E-state index is 16.3. The van der Waals surface area contributed by atoms with Crippen LogP contribution in [-0.4, -0.2) is 36.5 Å². The summed E-state index contributed by atoms with van der Waals surface area (Å²) in [6.07, 6.45) is -6.25. The quantitative estimate of drug-likeness (QED) is 0.551. The molecule has 172 valence electrons. The van der Waals surface area contributed by atoms with E-state index in [9.17, 15) is 32.2 Å². The molecular formula is C21H22F6O4. The Morgan fingerprint density at radius 2 is 1.06 bits per heavy atom. The van der Waals surface area contributed by atoms with Crippen LogP contribution < -0.4 is 0 Å². The Labute approximate surface area is 175 Å². The van der Waals surface area contributed by atoms with Crippen LogP contribution in [0.15, 0.2) is 24.3 Å². The van der Waals surface area contributed by atoms with Gasteiger partial charge in [0.1, 0.15) is 11.5 Å². The molecule has 31 heavy (non-hydrogen) atoms. The molecule has 0 unspecified atom stereocenters. The van der Waals surface area contributed by atoms with Crippen LogP contribution in [0.2, 0.25) is 0 Å². The van der Waals surface area contributed by atoms with Gasteiger partial charge in [0, 0.05) is 36.5 Å². The molecule has 0 bridgehead atoms. The number of halogens is 6. The molecule has 0 aliphatic carbocycles. The molecule has 0 heterocycles. The number of methoxy groups -OCH3 is 2. The van der Waals surface area contributed by atoms with Gasteiger partial charge in [-0.25, -0.2) is 4.39 Å². The van der Waals surface area contributed by atoms with Gasteiger partial charge in [0.2, 0.25) is 5.67 Å². The zero-order chi connectivity index (χ0) is 23.8. The minimum absolute atomic E-state index is 0.114. The second kappa shape index (κ2) is 8.58. The SMILES string of the molecule is COCc1cc(C(F)(c2cc(C)c(O)c(COC)c2)C(F)(F)C(F)(F)F)cc(C)c1O. The van der Waals surface area contributed by atoms with Crippen LogP contribution in [0.4, 0.5) is 26.3 Å². The van der Waals surface area contributed by atoms with Crippen molar-refractivity contribution in [3.05, 3.63) is 57.6 Å². The molecule has 0 radical (unpaired) electrons. The summed E-state index contributed by atoms with van der Waals surface area (Å²) in [5, 5.41) is 20.2. The summed E-state index contributed by atoms with van der Waals surface area (Å²) in [5.74, 6) is -6.68. The van der Waals surface area contributed by atoms with Gasteiger partial charge in [-0.15, -0.1) is 0 Å². The number of aryl methyl sites for hydroxylation is 2. The third-order valence-corrected chi connectivity index (χ3v) is 4.94. The lowest BCUT2D eigenvalue weighted by atomic mass is 9.79. The van der Waals surface area contributed by atoms with Crippen molar-refractivity contribution in [2.45, 2.75) is 44.8 Å². The molecule has 0 saturated heterocycles. The molecular weight excluding hydrogens is 430 g/mol. The summed E-state index contributed by atoms with van der Waals surface area (Å²) in [4.78, 5) is 0. The molecule has 0 amide bonds. The zero-order valence-corrected chi connectivity index (χ0v) is 17.2. The van der Waals surface area contributed by atoms with E-state index in [0.29, 0.717) is 12.1 Å². The van der Waals surface area contributed by atoms with E-state index in [2.05, 4.69) is 0 Å². The smallest absolute Gasteiger partial charge is 0.457 e. The Kier molecular flexibility index (Phi) is 6.87. The van der Waals surface area contributed by atoms with Crippen molar-refractivity contribution in [2.75, 3.05) is 14.2 Å². The second-order valence-electron chi connectivity index (χ2n) is 7.20. The summed E-state index contributed by atoms with van der Waals surface area (Å²) >= 11 is 0. The monoisotopic (exact) mass is 452 g/mol. The number of ether oxygens (including phenoxy) is 2. The van der Waals surface area contributed by atoms with E-state index in [1.807, 2.05) is 0 Å². The highest BCUT2D eigenvalue weighted by Crippen LogP contribution is 2.55. The van der Waals surface area contributed by atoms with E-state index >= 15 is 4.39 Å². The van der Waals surface area contributed by atoms with Crippen molar-refractivity contribution < 1.29 is 46.0 Å². The molecule has 0 aliphatic heterocycles. The fourth-order valence-corrected chi connectivity index (χ4v) is 3.36. The van der Waals surface area contributed by atoms with E-state index in [0.717, 1.165) is 12.1 Å². The predicted molar refractivity (Wildman–Crippen MR) is 100 cm³/mol. The molecule has 0 fully saturated rings. The van der Waals surface area contributed by atoms with Gasteiger partial charge in [-0.2, -0.15) is 22.0 Å². The first-order valence-corrected chi connectivity index (χ1v) is 8.99. The largest absolute Gasteiger partial charge is 0.507 e. The standard InChI is InChI=1S/C21H22F6O4/c1-11-5-15(7-13(9-30-3)17(11)28)19(22,20(23,24)21(25,26)27)16-6-12(2)18(29)14(8-16)10-31-4/h5-8,28-29H,9-10H2,1-4H3. The Bertz CT molecular complexity index is 894. The molecule has 2 aromatic carbocycles. The number of benzene rings is 2. The molecule has 2 N–H and O–H groups in total. The average molecular weight is 452 g/mol. The van der Waals surface area contributed by atoms with Gasteiger partial charge in [0.25, 0.3) is 0 Å². The molecule has 0 saturated carbocycles. The molecule has 0 aliphatic rings. The highest BCUT2D eigenvalue weighted by atomic mass is 19.4. The first kappa shape index (κ1) is 24.8. The van der Waals surface area contributed by atoms with Crippen LogP contribution in [0.5, 0.6) is 11.5 Å². The Balaban J connectivity index is 2.95. The maximum Gasteiger partial charge on any atom is 0.457 e. The lowest BCUT2D eigenvalue weighted by Gasteiger charge is -2.36. The fourth-order valence-electron chi connectivity index (χ4n) is 3.36. The minimum Gasteiger partial charge on any atom is -0.507 e. The van der Waals surface area contributed by atoms with Crippen LogP contribution in [-0.2, 0) is 28.4 Å². The molecule has 0 atom stereocenters. The van der Waals surface area contributed by atoms with E-state index in [1.165, 1.54) is 28.1 Å². The highest BCUT2D eigenvalue weighted by molar-refractivity contribution is 5.52. The summed E-state index contributed by atoms with van der Waals surface area (Å²) in [6, 6.07) is 2.88. The molecule has 0 spiro atoms. The van der Waals surface area contributed by atoms with Gasteiger partial charge in [-0.3, -0.25) is 0 Å². The zero-order valence-electron chi connectivity index (χ0n) is 17.2. The molecule has 2 rings (SSSR count). The van der Waals surface area contributed by atoms with Gasteiger partial charge in [0.05, 0.1) is 13.2 Å². The molecule has 2 aromatic rings. The average Bonchev–Trinajstić information content (AvgIpc) is 2.67. The Morgan fingerprint density at radius 1 is 0.710 bits per heavy atom. The van der Waals surface area contributed by atoms with Gasteiger partial charge in [0.15, 0.2) is 0 Å². The van der Waals surface area contributed by atoms with Crippen LogP contribution in [0, 0.1) is 13.8 Å². The Morgan fingerprint density at radius 3 is 1.35 bits per heavy atom. The topological polar surface area (TPSA) is 58.9 Å². The highest BCUT2D eigenvalue weighted by Gasteiger charge is 2.72. The van der Waals surface area contributed by atoms with Gasteiger partial charge in [-0.05, 0) is 49.2 Å². The number of hydrogen-bond acceptors (Lipinski definition) is 4. The van der Waals surface area contributed by atoms with Gasteiger partial charge >= 0.3 is 12.1 Å². The van der Waals surface area contributed by atoms with Crippen LogP contribution in [0.25, 0.3) is 0 Å². The van der Waals surface area contributed by atoms with Crippen LogP contribution >= 0.6 is 0 Å². The van der Waals surface area contributed by atoms with Crippen LogP contribution in [0.3, 0.4) is 0 Å². The van der Waals surface area contributed by atoms with Crippen molar-refractivity contribution in [3.8, 4) is 11.5 Å². The van der Waals surface area contributed by atoms with Crippen molar-refractivity contribution in [1.82, 2.24) is 0 Å².